The molecule has 2 fully saturated rings. The number of urea groups is 1. The lowest BCUT2D eigenvalue weighted by molar-refractivity contribution is -0.138. The summed E-state index contributed by atoms with van der Waals surface area (Å²) in [7, 11) is -1.68. The molecule has 2 saturated heterocycles. The number of amides is 4. The van der Waals surface area contributed by atoms with E-state index in [4.69, 9.17) is 0 Å². The van der Waals surface area contributed by atoms with Crippen LogP contribution in [0.4, 0.5) is 4.79 Å². The highest BCUT2D eigenvalue weighted by atomic mass is 32.2. The molecule has 9 heteroatoms. The van der Waals surface area contributed by atoms with Crippen LogP contribution in [0.2, 0.25) is 0 Å². The standard InChI is InChI=1S/C17H21N3O5S/c1-18-10-15(21)20(17(18)23)11-16(22)19(9-13-5-3-2-4-6-13)14-7-8-26(24,25)12-14/h2-6,14H,7-12H2,1H3. The molecule has 1 aromatic rings. The Morgan fingerprint density at radius 2 is 1.92 bits per heavy atom. The van der Waals surface area contributed by atoms with E-state index in [-0.39, 0.29) is 31.1 Å². The molecular weight excluding hydrogens is 358 g/mol. The van der Waals surface area contributed by atoms with Gasteiger partial charge in [-0.2, -0.15) is 0 Å². The second-order valence-corrected chi connectivity index (χ2v) is 8.91. The average Bonchev–Trinajstić information content (AvgIpc) is 3.07. The fraction of sp³-hybridized carbons (Fsp3) is 0.471. The summed E-state index contributed by atoms with van der Waals surface area (Å²) in [6, 6.07) is 8.28. The van der Waals surface area contributed by atoms with Crippen LogP contribution >= 0.6 is 0 Å². The normalized spacial score (nSPS) is 22.1. The van der Waals surface area contributed by atoms with E-state index in [1.807, 2.05) is 30.3 Å². The number of benzene rings is 1. The Kier molecular flexibility index (Phi) is 4.99. The third-order valence-corrected chi connectivity index (χ3v) is 6.44. The first-order valence-electron chi connectivity index (χ1n) is 8.36. The van der Waals surface area contributed by atoms with Crippen molar-refractivity contribution in [3.63, 3.8) is 0 Å². The van der Waals surface area contributed by atoms with Gasteiger partial charge in [0.05, 0.1) is 11.5 Å². The number of rotatable bonds is 5. The third-order valence-electron chi connectivity index (χ3n) is 4.69. The molecule has 2 aliphatic heterocycles. The van der Waals surface area contributed by atoms with Crippen LogP contribution in [-0.4, -0.2) is 78.6 Å². The van der Waals surface area contributed by atoms with Crippen molar-refractivity contribution in [2.24, 2.45) is 0 Å². The topological polar surface area (TPSA) is 95.1 Å². The van der Waals surface area contributed by atoms with E-state index in [1.165, 1.54) is 16.8 Å². The van der Waals surface area contributed by atoms with Gasteiger partial charge in [-0.25, -0.2) is 13.2 Å². The predicted octanol–water partition coefficient (Wildman–Crippen LogP) is 0.0963. The van der Waals surface area contributed by atoms with Crippen molar-refractivity contribution in [1.82, 2.24) is 14.7 Å². The number of carbonyl (C=O) groups excluding carboxylic acids is 3. The van der Waals surface area contributed by atoms with Gasteiger partial charge in [-0.3, -0.25) is 14.5 Å². The summed E-state index contributed by atoms with van der Waals surface area (Å²) < 4.78 is 23.7. The molecule has 2 heterocycles. The van der Waals surface area contributed by atoms with Crippen molar-refractivity contribution in [3.8, 4) is 0 Å². The summed E-state index contributed by atoms with van der Waals surface area (Å²) >= 11 is 0. The molecule has 26 heavy (non-hydrogen) atoms. The summed E-state index contributed by atoms with van der Waals surface area (Å²) in [6.07, 6.45) is 0.364. The summed E-state index contributed by atoms with van der Waals surface area (Å²) in [5, 5.41) is 0. The minimum atomic E-state index is -3.17. The zero-order valence-corrected chi connectivity index (χ0v) is 15.3. The third kappa shape index (κ3) is 3.87. The first kappa shape index (κ1) is 18.4. The summed E-state index contributed by atoms with van der Waals surface area (Å²) in [6.45, 7) is -0.181. The minimum absolute atomic E-state index is 0.0422. The molecule has 0 bridgehead atoms. The van der Waals surface area contributed by atoms with Crippen LogP contribution in [0.1, 0.15) is 12.0 Å². The van der Waals surface area contributed by atoms with E-state index in [2.05, 4.69) is 0 Å². The van der Waals surface area contributed by atoms with E-state index < -0.39 is 33.7 Å². The number of imide groups is 1. The Morgan fingerprint density at radius 1 is 1.23 bits per heavy atom. The van der Waals surface area contributed by atoms with Crippen LogP contribution in [0.25, 0.3) is 0 Å². The van der Waals surface area contributed by atoms with Crippen molar-refractivity contribution in [1.29, 1.82) is 0 Å². The van der Waals surface area contributed by atoms with E-state index in [1.54, 1.807) is 0 Å². The molecule has 1 atom stereocenters. The number of nitrogens with zero attached hydrogens (tertiary/aromatic N) is 3. The smallest absolute Gasteiger partial charge is 0.327 e. The second-order valence-electron chi connectivity index (χ2n) is 6.68. The number of hydrogen-bond donors (Lipinski definition) is 0. The number of likely N-dealkylation sites (N-methyl/N-ethyl adjacent to an activating group) is 1. The van der Waals surface area contributed by atoms with Gasteiger partial charge in [0.25, 0.3) is 5.91 Å². The quantitative estimate of drug-likeness (QED) is 0.676. The highest BCUT2D eigenvalue weighted by Crippen LogP contribution is 2.21. The van der Waals surface area contributed by atoms with Gasteiger partial charge in [-0.1, -0.05) is 30.3 Å². The van der Waals surface area contributed by atoms with Gasteiger partial charge in [-0.05, 0) is 12.0 Å². The molecule has 4 amide bonds. The van der Waals surface area contributed by atoms with Crippen LogP contribution in [0.5, 0.6) is 0 Å². The zero-order chi connectivity index (χ0) is 18.9. The van der Waals surface area contributed by atoms with Gasteiger partial charge in [0, 0.05) is 19.6 Å². The van der Waals surface area contributed by atoms with Crippen LogP contribution in [0, 0.1) is 0 Å². The Bertz CT molecular complexity index is 824. The first-order chi connectivity index (χ1) is 12.3. The van der Waals surface area contributed by atoms with E-state index in [0.29, 0.717) is 6.42 Å². The molecule has 8 nitrogen and oxygen atoms in total. The second kappa shape index (κ2) is 7.06. The maximum atomic E-state index is 12.9. The maximum absolute atomic E-state index is 12.9. The SMILES string of the molecule is CN1CC(=O)N(CC(=O)N(Cc2ccccc2)C2CCS(=O)(=O)C2)C1=O. The average molecular weight is 379 g/mol. The largest absolute Gasteiger partial charge is 0.333 e. The number of carbonyl (C=O) groups is 3. The maximum Gasteiger partial charge on any atom is 0.327 e. The predicted molar refractivity (Wildman–Crippen MR) is 93.8 cm³/mol. The van der Waals surface area contributed by atoms with E-state index in [0.717, 1.165) is 10.5 Å². The van der Waals surface area contributed by atoms with E-state index >= 15 is 0 Å². The molecular formula is C17H21N3O5S. The van der Waals surface area contributed by atoms with Crippen LogP contribution in [-0.2, 0) is 26.0 Å². The van der Waals surface area contributed by atoms with E-state index in [9.17, 15) is 22.8 Å². The lowest BCUT2D eigenvalue weighted by Crippen LogP contribution is -2.47. The molecule has 0 N–H and O–H groups in total. The fourth-order valence-corrected chi connectivity index (χ4v) is 5.00. The van der Waals surface area contributed by atoms with Gasteiger partial charge >= 0.3 is 6.03 Å². The number of hydrogen-bond acceptors (Lipinski definition) is 5. The lowest BCUT2D eigenvalue weighted by Gasteiger charge is -2.29. The molecule has 1 aromatic carbocycles. The molecule has 2 aliphatic rings. The molecule has 0 aromatic heterocycles. The first-order valence-corrected chi connectivity index (χ1v) is 10.2. The Hall–Kier alpha value is -2.42. The molecule has 0 spiro atoms. The molecule has 1 unspecified atom stereocenters. The lowest BCUT2D eigenvalue weighted by atomic mass is 10.1. The van der Waals surface area contributed by atoms with Crippen molar-refractivity contribution < 1.29 is 22.8 Å². The van der Waals surface area contributed by atoms with Gasteiger partial charge in [0.15, 0.2) is 9.84 Å². The highest BCUT2D eigenvalue weighted by Gasteiger charge is 2.39. The fourth-order valence-electron chi connectivity index (χ4n) is 3.27. The number of sulfone groups is 1. The Balaban J connectivity index is 1.79. The Morgan fingerprint density at radius 3 is 2.46 bits per heavy atom. The van der Waals surface area contributed by atoms with Gasteiger partial charge in [0.1, 0.15) is 13.1 Å². The van der Waals surface area contributed by atoms with Crippen molar-refractivity contribution in [3.05, 3.63) is 35.9 Å². The summed E-state index contributed by atoms with van der Waals surface area (Å²) in [5.41, 5.74) is 0.862. The van der Waals surface area contributed by atoms with Gasteiger partial charge in [-0.15, -0.1) is 0 Å². The zero-order valence-electron chi connectivity index (χ0n) is 14.5. The van der Waals surface area contributed by atoms with Crippen molar-refractivity contribution in [2.75, 3.05) is 31.6 Å². The minimum Gasteiger partial charge on any atom is -0.333 e. The Labute approximate surface area is 152 Å². The van der Waals surface area contributed by atoms with Crippen LogP contribution < -0.4 is 0 Å². The molecule has 0 aliphatic carbocycles. The van der Waals surface area contributed by atoms with Gasteiger partial charge in [0.2, 0.25) is 5.91 Å². The monoisotopic (exact) mass is 379 g/mol. The highest BCUT2D eigenvalue weighted by molar-refractivity contribution is 7.91. The molecule has 0 radical (unpaired) electrons. The molecule has 0 saturated carbocycles. The van der Waals surface area contributed by atoms with Gasteiger partial charge < -0.3 is 9.80 Å². The molecule has 3 rings (SSSR count). The van der Waals surface area contributed by atoms with Crippen LogP contribution in [0.15, 0.2) is 30.3 Å². The van der Waals surface area contributed by atoms with Crippen molar-refractivity contribution in [2.45, 2.75) is 19.0 Å². The molecule has 140 valence electrons. The van der Waals surface area contributed by atoms with Crippen molar-refractivity contribution >= 4 is 27.7 Å². The van der Waals surface area contributed by atoms with Crippen LogP contribution in [0.3, 0.4) is 0 Å². The summed E-state index contributed by atoms with van der Waals surface area (Å²) in [5.74, 6) is -0.897. The summed E-state index contributed by atoms with van der Waals surface area (Å²) in [4.78, 5) is 40.5.